The zero-order chi connectivity index (χ0) is 25.6. The van der Waals surface area contributed by atoms with Crippen molar-refractivity contribution in [1.82, 2.24) is 15.6 Å². The lowest BCUT2D eigenvalue weighted by Crippen LogP contribution is -2.71. The maximum Gasteiger partial charge on any atom is 0.328 e. The molecule has 1 spiro atoms. The van der Waals surface area contributed by atoms with Crippen LogP contribution in [0.25, 0.3) is 0 Å². The average Bonchev–Trinajstić information content (AvgIpc) is 3.34. The zero-order valence-electron chi connectivity index (χ0n) is 19.9. The summed E-state index contributed by atoms with van der Waals surface area (Å²) in [5.41, 5.74) is 2.50. The van der Waals surface area contributed by atoms with Crippen LogP contribution in [0.3, 0.4) is 0 Å². The number of pyridine rings is 1. The molecule has 0 aliphatic carbocycles. The summed E-state index contributed by atoms with van der Waals surface area (Å²) in [5.74, 6) is -0.437. The van der Waals surface area contributed by atoms with Crippen molar-refractivity contribution in [3.63, 3.8) is 0 Å². The number of hydrogen-bond acceptors (Lipinski definition) is 7. The number of nitrogens with one attached hydrogen (secondary N) is 2. The Hall–Kier alpha value is -4.47. The Morgan fingerprint density at radius 1 is 0.892 bits per heavy atom. The molecule has 1 aromatic heterocycles. The Kier molecular flexibility index (Phi) is 5.51. The van der Waals surface area contributed by atoms with Crippen molar-refractivity contribution < 1.29 is 23.5 Å². The number of carbonyl (C=O) groups excluding carboxylic acids is 3. The van der Waals surface area contributed by atoms with Gasteiger partial charge in [-0.05, 0) is 72.9 Å². The number of carbonyl (C=O) groups is 3. The number of imide groups is 2. The molecule has 0 saturated carbocycles. The average molecular weight is 502 g/mol. The molecule has 0 atom stereocenters. The first-order chi connectivity index (χ1) is 17.9. The van der Waals surface area contributed by atoms with E-state index in [-0.39, 0.29) is 5.82 Å². The van der Waals surface area contributed by atoms with Crippen LogP contribution in [0.5, 0.6) is 11.6 Å². The summed E-state index contributed by atoms with van der Waals surface area (Å²) in [7, 11) is 0. The van der Waals surface area contributed by atoms with Crippen LogP contribution in [0.4, 0.5) is 20.6 Å². The largest absolute Gasteiger partial charge is 0.439 e. The van der Waals surface area contributed by atoms with E-state index >= 15 is 0 Å². The van der Waals surface area contributed by atoms with Crippen molar-refractivity contribution in [1.29, 1.82) is 0 Å². The zero-order valence-corrected chi connectivity index (χ0v) is 19.9. The summed E-state index contributed by atoms with van der Waals surface area (Å²) >= 11 is 0. The molecule has 6 rings (SSSR count). The third kappa shape index (κ3) is 4.04. The second-order valence-electron chi connectivity index (χ2n) is 9.39. The molecule has 0 radical (unpaired) electrons. The van der Waals surface area contributed by atoms with Gasteiger partial charge in [0.2, 0.25) is 5.88 Å². The van der Waals surface area contributed by atoms with E-state index < -0.39 is 23.4 Å². The summed E-state index contributed by atoms with van der Waals surface area (Å²) in [6.45, 7) is 2.04. The second kappa shape index (κ2) is 8.88. The van der Waals surface area contributed by atoms with Gasteiger partial charge in [-0.1, -0.05) is 6.07 Å². The number of hydrogen-bond donors (Lipinski definition) is 2. The fourth-order valence-electron chi connectivity index (χ4n) is 5.37. The van der Waals surface area contributed by atoms with Crippen LogP contribution < -0.4 is 25.2 Å². The molecule has 2 aromatic carbocycles. The van der Waals surface area contributed by atoms with Crippen molar-refractivity contribution in [2.24, 2.45) is 0 Å². The maximum atomic E-state index is 13.3. The summed E-state index contributed by atoms with van der Waals surface area (Å²) < 4.78 is 19.3. The van der Waals surface area contributed by atoms with Gasteiger partial charge in [-0.2, -0.15) is 0 Å². The fourth-order valence-corrected chi connectivity index (χ4v) is 5.37. The first-order valence-corrected chi connectivity index (χ1v) is 12.1. The molecule has 3 aliphatic rings. The molecule has 10 heteroatoms. The molecule has 2 N–H and O–H groups in total. The van der Waals surface area contributed by atoms with Crippen LogP contribution in [-0.4, -0.2) is 41.5 Å². The monoisotopic (exact) mass is 501 g/mol. The highest BCUT2D eigenvalue weighted by molar-refractivity contribution is 6.24. The lowest BCUT2D eigenvalue weighted by molar-refractivity contribution is -0.137. The number of aromatic nitrogens is 1. The van der Waals surface area contributed by atoms with Crippen molar-refractivity contribution in [2.45, 2.75) is 31.3 Å². The molecule has 3 aromatic rings. The first-order valence-electron chi connectivity index (χ1n) is 12.1. The molecule has 2 fully saturated rings. The standard InChI is InChI=1S/C27H24FN5O4/c28-19-3-5-20(6-4-19)32-13-10-17-14-22(8-2-18(17)16-32)37-23-9-7-21(15-29-23)33-12-1-11-27(33)24(34)30-26(36)31-25(27)35/h2-9,14-15H,1,10-13,16H2,(H2,30,31,34,35,36). The minimum Gasteiger partial charge on any atom is -0.439 e. The highest BCUT2D eigenvalue weighted by Crippen LogP contribution is 2.36. The Labute approximate surface area is 212 Å². The molecule has 4 heterocycles. The van der Waals surface area contributed by atoms with Gasteiger partial charge in [0.25, 0.3) is 11.8 Å². The van der Waals surface area contributed by atoms with Crippen LogP contribution >= 0.6 is 0 Å². The molecule has 188 valence electrons. The lowest BCUT2D eigenvalue weighted by Gasteiger charge is -2.38. The number of fused-ring (bicyclic) bond motifs is 1. The minimum absolute atomic E-state index is 0.244. The van der Waals surface area contributed by atoms with Crippen LogP contribution in [-0.2, 0) is 22.6 Å². The van der Waals surface area contributed by atoms with Gasteiger partial charge in [0.1, 0.15) is 11.6 Å². The highest BCUT2D eigenvalue weighted by atomic mass is 19.1. The number of nitrogens with zero attached hydrogens (tertiary/aromatic N) is 3. The predicted molar refractivity (Wildman–Crippen MR) is 133 cm³/mol. The van der Waals surface area contributed by atoms with Crippen molar-refractivity contribution >= 4 is 29.2 Å². The summed E-state index contributed by atoms with van der Waals surface area (Å²) in [6.07, 6.45) is 3.34. The van der Waals surface area contributed by atoms with Crippen molar-refractivity contribution in [3.05, 3.63) is 77.7 Å². The molecule has 37 heavy (non-hydrogen) atoms. The molecule has 4 amide bonds. The number of amides is 4. The normalized spacial score (nSPS) is 18.5. The lowest BCUT2D eigenvalue weighted by atomic mass is 9.92. The van der Waals surface area contributed by atoms with Gasteiger partial charge in [0.05, 0.1) is 11.9 Å². The van der Waals surface area contributed by atoms with Gasteiger partial charge in [-0.15, -0.1) is 0 Å². The van der Waals surface area contributed by atoms with E-state index in [4.69, 9.17) is 4.74 Å². The summed E-state index contributed by atoms with van der Waals surface area (Å²) in [4.78, 5) is 45.2. The van der Waals surface area contributed by atoms with Crippen LogP contribution in [0, 0.1) is 5.82 Å². The van der Waals surface area contributed by atoms with E-state index in [1.807, 2.05) is 18.2 Å². The fraction of sp³-hybridized carbons (Fsp3) is 0.259. The van der Waals surface area contributed by atoms with E-state index in [9.17, 15) is 18.8 Å². The number of benzene rings is 2. The number of anilines is 2. The topological polar surface area (TPSA) is 104 Å². The van der Waals surface area contributed by atoms with Crippen LogP contribution in [0.15, 0.2) is 60.8 Å². The molecular weight excluding hydrogens is 477 g/mol. The third-order valence-corrected chi connectivity index (χ3v) is 7.22. The number of ether oxygens (including phenoxy) is 1. The van der Waals surface area contributed by atoms with E-state index in [1.165, 1.54) is 23.3 Å². The molecule has 0 bridgehead atoms. The minimum atomic E-state index is -1.46. The van der Waals surface area contributed by atoms with E-state index in [2.05, 4.69) is 20.5 Å². The Morgan fingerprint density at radius 2 is 1.65 bits per heavy atom. The molecule has 0 unspecified atom stereocenters. The smallest absolute Gasteiger partial charge is 0.328 e. The van der Waals surface area contributed by atoms with Gasteiger partial charge >= 0.3 is 6.03 Å². The molecule has 9 nitrogen and oxygen atoms in total. The number of rotatable bonds is 4. The first kappa shape index (κ1) is 23.0. The van der Waals surface area contributed by atoms with Crippen LogP contribution in [0.2, 0.25) is 0 Å². The van der Waals surface area contributed by atoms with E-state index in [1.54, 1.807) is 35.4 Å². The van der Waals surface area contributed by atoms with E-state index in [0.29, 0.717) is 36.7 Å². The Morgan fingerprint density at radius 3 is 2.38 bits per heavy atom. The van der Waals surface area contributed by atoms with Crippen molar-refractivity contribution in [3.8, 4) is 11.6 Å². The highest BCUT2D eigenvalue weighted by Gasteiger charge is 2.57. The van der Waals surface area contributed by atoms with Gasteiger partial charge < -0.3 is 14.5 Å². The number of barbiturate groups is 1. The SMILES string of the molecule is O=C1NC(=O)C2(CCCN2c2ccc(Oc3ccc4c(c3)CCN(c3ccc(F)cc3)C4)nc2)C(=O)N1. The quantitative estimate of drug-likeness (QED) is 0.529. The Balaban J connectivity index is 1.16. The predicted octanol–water partition coefficient (Wildman–Crippen LogP) is 3.28. The summed E-state index contributed by atoms with van der Waals surface area (Å²) in [6, 6.07) is 15.1. The molecule has 2 saturated heterocycles. The van der Waals surface area contributed by atoms with Gasteiger partial charge in [0, 0.05) is 31.4 Å². The van der Waals surface area contributed by atoms with Gasteiger partial charge in [0.15, 0.2) is 5.54 Å². The van der Waals surface area contributed by atoms with E-state index in [0.717, 1.165) is 25.2 Å². The van der Waals surface area contributed by atoms with Gasteiger partial charge in [-0.25, -0.2) is 14.2 Å². The summed E-state index contributed by atoms with van der Waals surface area (Å²) in [5, 5.41) is 4.42. The second-order valence-corrected chi connectivity index (χ2v) is 9.39. The van der Waals surface area contributed by atoms with Gasteiger partial charge in [-0.3, -0.25) is 20.2 Å². The maximum absolute atomic E-state index is 13.3. The van der Waals surface area contributed by atoms with Crippen molar-refractivity contribution in [2.75, 3.05) is 22.9 Å². The molecule has 3 aliphatic heterocycles. The third-order valence-electron chi connectivity index (χ3n) is 7.22. The molecular formula is C27H24FN5O4. The van der Waals surface area contributed by atoms with Crippen LogP contribution in [0.1, 0.15) is 24.0 Å². The number of urea groups is 1. The number of halogens is 1. The Bertz CT molecular complexity index is 1370.